The number of hydrogen-bond donors (Lipinski definition) is 1. The molecule has 0 aliphatic rings. The van der Waals surface area contributed by atoms with Crippen molar-refractivity contribution < 1.29 is 5.11 Å². The van der Waals surface area contributed by atoms with Crippen molar-refractivity contribution in [3.63, 3.8) is 0 Å². The summed E-state index contributed by atoms with van der Waals surface area (Å²) in [5.74, 6) is 1.13. The Kier molecular flexibility index (Phi) is 5.29. The molecule has 1 heterocycles. The first kappa shape index (κ1) is 12.9. The molecule has 1 N–H and O–H groups in total. The van der Waals surface area contributed by atoms with E-state index in [2.05, 4.69) is 23.2 Å². The van der Waals surface area contributed by atoms with Crippen molar-refractivity contribution in [2.24, 2.45) is 0 Å². The number of benzene rings is 1. The average molecular weight is 267 g/mol. The van der Waals surface area contributed by atoms with Gasteiger partial charge < -0.3 is 5.11 Å². The summed E-state index contributed by atoms with van der Waals surface area (Å²) in [5, 5.41) is 8.67. The number of hydrogen-bond acceptors (Lipinski definition) is 4. The first-order chi connectivity index (χ1) is 8.40. The molecule has 2 nitrogen and oxygen atoms in total. The summed E-state index contributed by atoms with van der Waals surface area (Å²) in [6.45, 7) is 0.324. The van der Waals surface area contributed by atoms with Crippen LogP contribution >= 0.6 is 23.1 Å². The molecular formula is C13H17NOS2. The molecule has 2 rings (SSSR count). The van der Waals surface area contributed by atoms with Crippen molar-refractivity contribution in [1.29, 1.82) is 0 Å². The van der Waals surface area contributed by atoms with Crippen molar-refractivity contribution in [3.8, 4) is 0 Å². The lowest BCUT2D eigenvalue weighted by molar-refractivity contribution is 0.283. The first-order valence-corrected chi connectivity index (χ1v) is 7.79. The van der Waals surface area contributed by atoms with Gasteiger partial charge in [0.2, 0.25) is 0 Å². The molecule has 0 aliphatic carbocycles. The van der Waals surface area contributed by atoms with Gasteiger partial charge in [-0.05, 0) is 25.0 Å². The van der Waals surface area contributed by atoms with Gasteiger partial charge in [0.1, 0.15) is 0 Å². The number of aromatic nitrogens is 1. The van der Waals surface area contributed by atoms with Crippen molar-refractivity contribution in [1.82, 2.24) is 4.98 Å². The number of rotatable bonds is 7. The Hall–Kier alpha value is -0.580. The van der Waals surface area contributed by atoms with E-state index in [9.17, 15) is 0 Å². The number of nitrogens with zero attached hydrogens (tertiary/aromatic N) is 1. The second-order valence-electron chi connectivity index (χ2n) is 3.93. The molecule has 92 valence electrons. The molecule has 1 aromatic heterocycles. The lowest BCUT2D eigenvalue weighted by atomic mass is 10.2. The molecule has 0 spiro atoms. The van der Waals surface area contributed by atoms with Crippen LogP contribution in [-0.4, -0.2) is 22.5 Å². The fraction of sp³-hybridized carbons (Fsp3) is 0.462. The topological polar surface area (TPSA) is 33.1 Å². The van der Waals surface area contributed by atoms with Gasteiger partial charge in [-0.1, -0.05) is 36.7 Å². The van der Waals surface area contributed by atoms with Gasteiger partial charge in [0.05, 0.1) is 10.2 Å². The molecule has 0 radical (unpaired) electrons. The number of aliphatic hydroxyl groups is 1. The Morgan fingerprint density at radius 1 is 1.12 bits per heavy atom. The maximum Gasteiger partial charge on any atom is 0.151 e. The van der Waals surface area contributed by atoms with E-state index in [0.717, 1.165) is 24.1 Å². The van der Waals surface area contributed by atoms with Crippen molar-refractivity contribution >= 4 is 33.3 Å². The molecule has 4 heteroatoms. The van der Waals surface area contributed by atoms with Crippen LogP contribution in [0.5, 0.6) is 0 Å². The molecule has 0 saturated heterocycles. The molecule has 17 heavy (non-hydrogen) atoms. The van der Waals surface area contributed by atoms with E-state index in [4.69, 9.17) is 5.11 Å². The highest BCUT2D eigenvalue weighted by molar-refractivity contribution is 8.01. The number of aliphatic hydroxyl groups excluding tert-OH is 1. The summed E-state index contributed by atoms with van der Waals surface area (Å²) in [6.07, 6.45) is 4.49. The molecule has 2 aromatic rings. The van der Waals surface area contributed by atoms with Gasteiger partial charge in [-0.2, -0.15) is 0 Å². The van der Waals surface area contributed by atoms with Gasteiger partial charge in [-0.3, -0.25) is 0 Å². The zero-order chi connectivity index (χ0) is 11.9. The van der Waals surface area contributed by atoms with E-state index in [-0.39, 0.29) is 0 Å². The highest BCUT2D eigenvalue weighted by atomic mass is 32.2. The van der Waals surface area contributed by atoms with Crippen LogP contribution in [0.4, 0.5) is 0 Å². The molecule has 1 aromatic carbocycles. The van der Waals surface area contributed by atoms with Crippen LogP contribution in [0.15, 0.2) is 28.6 Å². The fourth-order valence-electron chi connectivity index (χ4n) is 1.64. The Morgan fingerprint density at radius 3 is 2.76 bits per heavy atom. The molecule has 0 amide bonds. The zero-order valence-corrected chi connectivity index (χ0v) is 11.4. The van der Waals surface area contributed by atoms with E-state index < -0.39 is 0 Å². The second kappa shape index (κ2) is 6.99. The maximum atomic E-state index is 8.67. The molecule has 0 atom stereocenters. The summed E-state index contributed by atoms with van der Waals surface area (Å²) in [4.78, 5) is 4.59. The number of para-hydroxylation sites is 1. The summed E-state index contributed by atoms with van der Waals surface area (Å²) in [7, 11) is 0. The number of unbranched alkanes of at least 4 members (excludes halogenated alkanes) is 3. The molecule has 0 bridgehead atoms. The van der Waals surface area contributed by atoms with E-state index >= 15 is 0 Å². The molecule has 0 aliphatic heterocycles. The third-order valence-electron chi connectivity index (χ3n) is 2.55. The normalized spacial score (nSPS) is 11.1. The van der Waals surface area contributed by atoms with Crippen LogP contribution in [-0.2, 0) is 0 Å². The Labute approximate surface area is 110 Å². The van der Waals surface area contributed by atoms with Crippen LogP contribution < -0.4 is 0 Å². The van der Waals surface area contributed by atoms with Crippen LogP contribution in [0.2, 0.25) is 0 Å². The largest absolute Gasteiger partial charge is 0.396 e. The Bertz CT molecular complexity index is 422. The Balaban J connectivity index is 1.75. The number of fused-ring (bicyclic) bond motifs is 1. The van der Waals surface area contributed by atoms with Gasteiger partial charge >= 0.3 is 0 Å². The lowest BCUT2D eigenvalue weighted by Gasteiger charge is -1.97. The summed E-state index contributed by atoms with van der Waals surface area (Å²) >= 11 is 3.63. The number of thiazole rings is 1. The monoisotopic (exact) mass is 267 g/mol. The minimum absolute atomic E-state index is 0.324. The van der Waals surface area contributed by atoms with E-state index in [0.29, 0.717) is 6.61 Å². The van der Waals surface area contributed by atoms with Crippen molar-refractivity contribution in [2.75, 3.05) is 12.4 Å². The van der Waals surface area contributed by atoms with E-state index in [1.54, 1.807) is 11.3 Å². The zero-order valence-electron chi connectivity index (χ0n) is 9.76. The van der Waals surface area contributed by atoms with Crippen LogP contribution in [0.1, 0.15) is 25.7 Å². The SMILES string of the molecule is OCCCCCCSc1nc2ccccc2s1. The highest BCUT2D eigenvalue weighted by Gasteiger charge is 2.02. The molecule has 0 fully saturated rings. The summed E-state index contributed by atoms with van der Waals surface area (Å²) < 4.78 is 2.45. The molecule has 0 unspecified atom stereocenters. The van der Waals surface area contributed by atoms with Gasteiger partial charge in [0.15, 0.2) is 4.34 Å². The third-order valence-corrected chi connectivity index (χ3v) is 4.82. The van der Waals surface area contributed by atoms with E-state index in [1.807, 2.05) is 17.8 Å². The fourth-order valence-corrected chi connectivity index (χ4v) is 3.78. The first-order valence-electron chi connectivity index (χ1n) is 5.99. The van der Waals surface area contributed by atoms with Gasteiger partial charge in [-0.25, -0.2) is 4.98 Å². The second-order valence-corrected chi connectivity index (χ2v) is 6.31. The predicted octanol–water partition coefficient (Wildman–Crippen LogP) is 3.94. The predicted molar refractivity (Wildman–Crippen MR) is 75.9 cm³/mol. The smallest absolute Gasteiger partial charge is 0.151 e. The average Bonchev–Trinajstić information content (AvgIpc) is 2.76. The van der Waals surface area contributed by atoms with Gasteiger partial charge in [-0.15, -0.1) is 11.3 Å². The van der Waals surface area contributed by atoms with Crippen LogP contribution in [0, 0.1) is 0 Å². The van der Waals surface area contributed by atoms with Crippen LogP contribution in [0.25, 0.3) is 10.2 Å². The Morgan fingerprint density at radius 2 is 1.94 bits per heavy atom. The van der Waals surface area contributed by atoms with Crippen molar-refractivity contribution in [3.05, 3.63) is 24.3 Å². The number of thioether (sulfide) groups is 1. The van der Waals surface area contributed by atoms with Gasteiger partial charge in [0, 0.05) is 12.4 Å². The maximum absolute atomic E-state index is 8.67. The van der Waals surface area contributed by atoms with E-state index in [1.165, 1.54) is 21.9 Å². The molecular weight excluding hydrogens is 250 g/mol. The lowest BCUT2D eigenvalue weighted by Crippen LogP contribution is -1.85. The minimum Gasteiger partial charge on any atom is -0.396 e. The summed E-state index contributed by atoms with van der Waals surface area (Å²) in [6, 6.07) is 8.28. The minimum atomic E-state index is 0.324. The molecule has 0 saturated carbocycles. The van der Waals surface area contributed by atoms with Crippen LogP contribution in [0.3, 0.4) is 0 Å². The standard InChI is InChI=1S/C13H17NOS2/c15-9-5-1-2-6-10-16-13-14-11-7-3-4-8-12(11)17-13/h3-4,7-8,15H,1-2,5-6,9-10H2. The highest BCUT2D eigenvalue weighted by Crippen LogP contribution is 2.29. The third kappa shape index (κ3) is 3.98. The van der Waals surface area contributed by atoms with Gasteiger partial charge in [0.25, 0.3) is 0 Å². The quantitative estimate of drug-likeness (QED) is 0.609. The summed E-state index contributed by atoms with van der Waals surface area (Å²) in [5.41, 5.74) is 1.11. The van der Waals surface area contributed by atoms with Crippen molar-refractivity contribution in [2.45, 2.75) is 30.0 Å².